The lowest BCUT2D eigenvalue weighted by Gasteiger charge is -2.17. The van der Waals surface area contributed by atoms with Gasteiger partial charge in [-0.3, -0.25) is 9.69 Å². The van der Waals surface area contributed by atoms with E-state index >= 15 is 0 Å². The number of aryl methyl sites for hydroxylation is 1. The third-order valence-electron chi connectivity index (χ3n) is 4.32. The van der Waals surface area contributed by atoms with Crippen molar-refractivity contribution < 1.29 is 4.79 Å². The molecule has 0 radical (unpaired) electrons. The molecule has 3 aromatic rings. The van der Waals surface area contributed by atoms with Crippen molar-refractivity contribution in [1.29, 1.82) is 0 Å². The maximum atomic E-state index is 12.3. The fourth-order valence-corrected chi connectivity index (χ4v) is 3.13. The molecule has 2 heterocycles. The Bertz CT molecular complexity index is 939. The highest BCUT2D eigenvalue weighted by molar-refractivity contribution is 6.32. The Morgan fingerprint density at radius 2 is 1.93 bits per heavy atom. The zero-order valence-corrected chi connectivity index (χ0v) is 16.4. The van der Waals surface area contributed by atoms with Crippen LogP contribution in [0.15, 0.2) is 48.7 Å². The lowest BCUT2D eigenvalue weighted by atomic mass is 10.2. The number of nitrogens with zero attached hydrogens (tertiary/aromatic N) is 4. The quantitative estimate of drug-likeness (QED) is 0.660. The van der Waals surface area contributed by atoms with Crippen LogP contribution in [0.5, 0.6) is 0 Å². The summed E-state index contributed by atoms with van der Waals surface area (Å²) in [5.41, 5.74) is 4.69. The SMILES string of the molecule is Cc1nn(-c2ccccc2)c(C)c1CN(C)CC(=O)Nc1cccnc1Cl. The van der Waals surface area contributed by atoms with Gasteiger partial charge < -0.3 is 5.32 Å². The van der Waals surface area contributed by atoms with Gasteiger partial charge >= 0.3 is 0 Å². The molecule has 0 saturated carbocycles. The van der Waals surface area contributed by atoms with E-state index in [9.17, 15) is 4.79 Å². The molecule has 0 aliphatic heterocycles. The topological polar surface area (TPSA) is 63.1 Å². The average molecular weight is 384 g/mol. The predicted molar refractivity (Wildman–Crippen MR) is 107 cm³/mol. The molecule has 1 N–H and O–H groups in total. The number of rotatable bonds is 6. The third kappa shape index (κ3) is 4.53. The van der Waals surface area contributed by atoms with Crippen molar-refractivity contribution in [1.82, 2.24) is 19.7 Å². The molecular formula is C20H22ClN5O. The lowest BCUT2D eigenvalue weighted by Crippen LogP contribution is -2.30. The van der Waals surface area contributed by atoms with Crippen LogP contribution in [0.2, 0.25) is 5.15 Å². The smallest absolute Gasteiger partial charge is 0.238 e. The van der Waals surface area contributed by atoms with E-state index in [2.05, 4.69) is 15.4 Å². The predicted octanol–water partition coefficient (Wildman–Crippen LogP) is 3.61. The summed E-state index contributed by atoms with van der Waals surface area (Å²) in [6.07, 6.45) is 1.58. The molecular weight excluding hydrogens is 362 g/mol. The van der Waals surface area contributed by atoms with Gasteiger partial charge in [-0.25, -0.2) is 9.67 Å². The van der Waals surface area contributed by atoms with Gasteiger partial charge in [0, 0.05) is 24.0 Å². The normalized spacial score (nSPS) is 11.0. The van der Waals surface area contributed by atoms with E-state index in [0.717, 1.165) is 22.6 Å². The molecule has 3 rings (SSSR count). The van der Waals surface area contributed by atoms with Crippen LogP contribution in [-0.2, 0) is 11.3 Å². The molecule has 1 amide bonds. The molecule has 0 fully saturated rings. The summed E-state index contributed by atoms with van der Waals surface area (Å²) < 4.78 is 1.94. The second kappa shape index (κ2) is 8.33. The van der Waals surface area contributed by atoms with Gasteiger partial charge in [0.1, 0.15) is 0 Å². The van der Waals surface area contributed by atoms with Gasteiger partial charge in [-0.2, -0.15) is 5.10 Å². The fourth-order valence-electron chi connectivity index (χ4n) is 2.96. The Hall–Kier alpha value is -2.70. The summed E-state index contributed by atoms with van der Waals surface area (Å²) in [5.74, 6) is -0.141. The summed E-state index contributed by atoms with van der Waals surface area (Å²) in [6, 6.07) is 13.5. The molecule has 0 atom stereocenters. The van der Waals surface area contributed by atoms with Crippen LogP contribution in [0.4, 0.5) is 5.69 Å². The van der Waals surface area contributed by atoms with E-state index < -0.39 is 0 Å². The molecule has 0 unspecified atom stereocenters. The van der Waals surface area contributed by atoms with Crippen LogP contribution in [0, 0.1) is 13.8 Å². The first-order valence-electron chi connectivity index (χ1n) is 8.65. The van der Waals surface area contributed by atoms with Crippen molar-refractivity contribution in [3.63, 3.8) is 0 Å². The number of benzene rings is 1. The number of amides is 1. The summed E-state index contributed by atoms with van der Waals surface area (Å²) in [7, 11) is 1.91. The van der Waals surface area contributed by atoms with E-state index in [1.54, 1.807) is 18.3 Å². The number of hydrogen-bond donors (Lipinski definition) is 1. The van der Waals surface area contributed by atoms with E-state index in [0.29, 0.717) is 12.2 Å². The van der Waals surface area contributed by atoms with Gasteiger partial charge in [0.25, 0.3) is 0 Å². The van der Waals surface area contributed by atoms with Gasteiger partial charge in [0.15, 0.2) is 5.15 Å². The molecule has 0 aliphatic rings. The first-order valence-corrected chi connectivity index (χ1v) is 9.03. The van der Waals surface area contributed by atoms with Crippen molar-refractivity contribution in [2.75, 3.05) is 18.9 Å². The van der Waals surface area contributed by atoms with Crippen LogP contribution in [0.3, 0.4) is 0 Å². The maximum absolute atomic E-state index is 12.3. The number of pyridine rings is 1. The van der Waals surface area contributed by atoms with Crippen molar-refractivity contribution >= 4 is 23.2 Å². The average Bonchev–Trinajstić information content (AvgIpc) is 2.92. The number of anilines is 1. The Morgan fingerprint density at radius 3 is 2.63 bits per heavy atom. The van der Waals surface area contributed by atoms with Crippen molar-refractivity contribution in [2.45, 2.75) is 20.4 Å². The summed E-state index contributed by atoms with van der Waals surface area (Å²) in [5, 5.41) is 7.73. The monoisotopic (exact) mass is 383 g/mol. The lowest BCUT2D eigenvalue weighted by molar-refractivity contribution is -0.117. The number of para-hydroxylation sites is 1. The summed E-state index contributed by atoms with van der Waals surface area (Å²) in [4.78, 5) is 18.2. The van der Waals surface area contributed by atoms with Gasteiger partial charge in [-0.05, 0) is 45.2 Å². The number of hydrogen-bond acceptors (Lipinski definition) is 4. The zero-order chi connectivity index (χ0) is 19.4. The van der Waals surface area contributed by atoms with E-state index in [4.69, 9.17) is 11.6 Å². The second-order valence-corrected chi connectivity index (χ2v) is 6.82. The Morgan fingerprint density at radius 1 is 1.19 bits per heavy atom. The van der Waals surface area contributed by atoms with Crippen molar-refractivity contribution in [2.24, 2.45) is 0 Å². The van der Waals surface area contributed by atoms with Gasteiger partial charge in [-0.1, -0.05) is 29.8 Å². The van der Waals surface area contributed by atoms with Gasteiger partial charge in [0.2, 0.25) is 5.91 Å². The van der Waals surface area contributed by atoms with Crippen LogP contribution >= 0.6 is 11.6 Å². The molecule has 140 valence electrons. The molecule has 0 spiro atoms. The minimum atomic E-state index is -0.141. The Balaban J connectivity index is 1.68. The molecule has 2 aromatic heterocycles. The molecule has 27 heavy (non-hydrogen) atoms. The highest BCUT2D eigenvalue weighted by Crippen LogP contribution is 2.20. The zero-order valence-electron chi connectivity index (χ0n) is 15.6. The number of halogens is 1. The summed E-state index contributed by atoms with van der Waals surface area (Å²) >= 11 is 5.99. The molecule has 6 nitrogen and oxygen atoms in total. The number of carbonyl (C=O) groups is 1. The van der Waals surface area contributed by atoms with Crippen LogP contribution in [0.1, 0.15) is 17.0 Å². The van der Waals surface area contributed by atoms with Crippen LogP contribution in [-0.4, -0.2) is 39.2 Å². The standard InChI is InChI=1S/C20H22ClN5O/c1-14-17(15(2)26(24-14)16-8-5-4-6-9-16)12-25(3)13-19(27)23-18-10-7-11-22-20(18)21/h4-11H,12-13H2,1-3H3,(H,23,27). The van der Waals surface area contributed by atoms with Crippen molar-refractivity contribution in [3.8, 4) is 5.69 Å². The van der Waals surface area contributed by atoms with Crippen LogP contribution < -0.4 is 5.32 Å². The number of carbonyl (C=O) groups excluding carboxylic acids is 1. The van der Waals surface area contributed by atoms with Gasteiger partial charge in [0.05, 0.1) is 23.6 Å². The highest BCUT2D eigenvalue weighted by Gasteiger charge is 2.16. The highest BCUT2D eigenvalue weighted by atomic mass is 35.5. The largest absolute Gasteiger partial charge is 0.322 e. The third-order valence-corrected chi connectivity index (χ3v) is 4.62. The molecule has 0 bridgehead atoms. The van der Waals surface area contributed by atoms with E-state index in [1.165, 1.54) is 0 Å². The molecule has 0 aliphatic carbocycles. The maximum Gasteiger partial charge on any atom is 0.238 e. The Labute approximate surface area is 163 Å². The summed E-state index contributed by atoms with van der Waals surface area (Å²) in [6.45, 7) is 4.90. The molecule has 1 aromatic carbocycles. The Kier molecular flexibility index (Phi) is 5.88. The van der Waals surface area contributed by atoms with E-state index in [1.807, 2.05) is 60.8 Å². The van der Waals surface area contributed by atoms with Crippen molar-refractivity contribution in [3.05, 3.63) is 70.8 Å². The number of aromatic nitrogens is 3. The first kappa shape index (κ1) is 19.1. The first-order chi connectivity index (χ1) is 13.0. The second-order valence-electron chi connectivity index (χ2n) is 6.46. The molecule has 0 saturated heterocycles. The fraction of sp³-hybridized carbons (Fsp3) is 0.250. The number of nitrogens with one attached hydrogen (secondary N) is 1. The number of likely N-dealkylation sites (N-methyl/N-ethyl adjacent to an activating group) is 1. The van der Waals surface area contributed by atoms with Gasteiger partial charge in [-0.15, -0.1) is 0 Å². The van der Waals surface area contributed by atoms with Crippen LogP contribution in [0.25, 0.3) is 5.69 Å². The molecule has 7 heteroatoms. The van der Waals surface area contributed by atoms with E-state index in [-0.39, 0.29) is 17.6 Å². The minimum absolute atomic E-state index is 0.141. The minimum Gasteiger partial charge on any atom is -0.322 e.